The van der Waals surface area contributed by atoms with Gasteiger partial charge in [-0.25, -0.2) is 14.8 Å². The van der Waals surface area contributed by atoms with E-state index in [0.29, 0.717) is 32.1 Å². The molecule has 4 aromatic carbocycles. The summed E-state index contributed by atoms with van der Waals surface area (Å²) in [6.45, 7) is 5.44. The molecule has 2 aliphatic heterocycles. The Balaban J connectivity index is 0.945. The van der Waals surface area contributed by atoms with Gasteiger partial charge in [-0.1, -0.05) is 71.8 Å². The van der Waals surface area contributed by atoms with Crippen LogP contribution >= 0.6 is 23.5 Å². The molecule has 4 unspecified atom stereocenters. The molecule has 15 heteroatoms. The molecule has 0 saturated heterocycles. The van der Waals surface area contributed by atoms with E-state index in [1.807, 2.05) is 18.1 Å². The maximum absolute atomic E-state index is 14.0. The smallest absolute Gasteiger partial charge is 0.407 e. The molecule has 4 bridgehead atoms. The van der Waals surface area contributed by atoms with Gasteiger partial charge >= 0.3 is 6.09 Å². The lowest BCUT2D eigenvalue weighted by atomic mass is 9.87. The highest BCUT2D eigenvalue weighted by Gasteiger charge is 2.37. The summed E-state index contributed by atoms with van der Waals surface area (Å²) in [5.41, 5.74) is 15.6. The first-order valence-electron chi connectivity index (χ1n) is 23.8. The van der Waals surface area contributed by atoms with Gasteiger partial charge in [-0.3, -0.25) is 14.9 Å². The van der Waals surface area contributed by atoms with Gasteiger partial charge in [0.1, 0.15) is 29.8 Å². The van der Waals surface area contributed by atoms with Crippen molar-refractivity contribution < 1.29 is 23.9 Å². The standard InChI is InChI=1S/C54H62N8O5S2/c1-32-23-48(61(29-32)52(63)44(19-21-68-5)55-31-66-3)50-56-42-17-15-38(27-46(42)58-50)40-25-34-7-11-36(40)12-8-35-10-14-37(13-9-34)41(26-35)39-16-18-43-47(28-39)59-51(57-43)49-24-33(2)30-62(49)53(64)45(20-22-69-6)60-54(65)67-4/h7,10-11,14-18,23-28,44-45,48-49,55H,8-9,12-13,19-22,29-31H2,1-6H3,(H,56,58)(H,57,59)(H,60,65). The predicted octanol–water partition coefficient (Wildman–Crippen LogP) is 9.11. The maximum Gasteiger partial charge on any atom is 0.407 e. The number of ether oxygens (including phenoxy) is 2. The molecule has 4 N–H and O–H groups in total. The SMILES string of the molecule is COCNC(CCSC)C(=O)N1CC(C)=CC1c1nc2ccc(-c3cc4ccc3CCc3ccc(c(-c5ccc6nc(C7C=C(C)CN7C(=O)C(CCSC)NC(=O)OC)[nH]c6c5)c3)CC4)cc2[nH]1. The van der Waals surface area contributed by atoms with Crippen LogP contribution in [0.15, 0.2) is 96.1 Å². The molecule has 4 heterocycles. The van der Waals surface area contributed by atoms with Crippen LogP contribution in [0.25, 0.3) is 44.3 Å². The molecule has 6 aromatic rings. The van der Waals surface area contributed by atoms with Crippen LogP contribution in [0.1, 0.15) is 72.7 Å². The Bertz CT molecular complexity index is 2930. The summed E-state index contributed by atoms with van der Waals surface area (Å²) in [4.78, 5) is 61.2. The molecular formula is C54H62N8O5S2. The Labute approximate surface area is 412 Å². The zero-order valence-electron chi connectivity index (χ0n) is 40.3. The fourth-order valence-corrected chi connectivity index (χ4v) is 11.0. The van der Waals surface area contributed by atoms with E-state index in [1.54, 1.807) is 35.5 Å². The van der Waals surface area contributed by atoms with Crippen LogP contribution in [0.3, 0.4) is 0 Å². The number of fused-ring (bicyclic) bond motifs is 2. The molecule has 4 aliphatic carbocycles. The average molecular weight is 967 g/mol. The first-order chi connectivity index (χ1) is 33.5. The van der Waals surface area contributed by atoms with Gasteiger partial charge < -0.3 is 34.6 Å². The van der Waals surface area contributed by atoms with Gasteiger partial charge in [0.05, 0.1) is 41.9 Å². The van der Waals surface area contributed by atoms with Crippen molar-refractivity contribution in [2.45, 2.75) is 76.5 Å². The number of rotatable bonds is 16. The number of hydrogen-bond donors (Lipinski definition) is 4. The lowest BCUT2D eigenvalue weighted by molar-refractivity contribution is -0.135. The number of carbonyl (C=O) groups excluding carboxylic acids is 3. The van der Waals surface area contributed by atoms with E-state index in [-0.39, 0.29) is 29.9 Å². The number of imidazole rings is 2. The predicted molar refractivity (Wildman–Crippen MR) is 278 cm³/mol. The molecule has 3 amide bonds. The number of benzene rings is 4. The largest absolute Gasteiger partial charge is 0.453 e. The van der Waals surface area contributed by atoms with Gasteiger partial charge in [-0.15, -0.1) is 0 Å². The van der Waals surface area contributed by atoms with Crippen molar-refractivity contribution in [1.82, 2.24) is 40.4 Å². The number of carbonyl (C=O) groups is 3. The maximum atomic E-state index is 14.0. The van der Waals surface area contributed by atoms with Crippen molar-refractivity contribution in [2.24, 2.45) is 0 Å². The minimum absolute atomic E-state index is 0.0586. The number of alkyl carbamates (subject to hydrolysis) is 1. The van der Waals surface area contributed by atoms with Crippen molar-refractivity contribution in [3.05, 3.63) is 130 Å². The van der Waals surface area contributed by atoms with Gasteiger partial charge in [0.2, 0.25) is 11.8 Å². The number of aromatic amines is 2. The van der Waals surface area contributed by atoms with Crippen LogP contribution in [0.4, 0.5) is 4.79 Å². The molecule has 0 spiro atoms. The Hall–Kier alpha value is -5.87. The van der Waals surface area contributed by atoms with E-state index in [2.05, 4.69) is 119 Å². The Morgan fingerprint density at radius 3 is 1.65 bits per heavy atom. The van der Waals surface area contributed by atoms with Crippen molar-refractivity contribution in [3.8, 4) is 22.3 Å². The van der Waals surface area contributed by atoms with Crippen molar-refractivity contribution in [1.29, 1.82) is 0 Å². The quantitative estimate of drug-likeness (QED) is 0.0545. The van der Waals surface area contributed by atoms with Crippen LogP contribution in [-0.4, -0.2) is 118 Å². The number of H-pyrrole nitrogens is 2. The van der Waals surface area contributed by atoms with Crippen molar-refractivity contribution in [2.75, 3.05) is 58.1 Å². The summed E-state index contributed by atoms with van der Waals surface area (Å²) in [5.74, 6) is 2.96. The summed E-state index contributed by atoms with van der Waals surface area (Å²) < 4.78 is 10.1. The second kappa shape index (κ2) is 21.4. The Morgan fingerprint density at radius 1 is 0.681 bits per heavy atom. The zero-order valence-corrected chi connectivity index (χ0v) is 42.0. The Morgan fingerprint density at radius 2 is 1.17 bits per heavy atom. The van der Waals surface area contributed by atoms with Crippen molar-refractivity contribution >= 4 is 63.5 Å². The molecule has 360 valence electrons. The third-order valence-corrected chi connectivity index (χ3v) is 14.9. The van der Waals surface area contributed by atoms with Gasteiger partial charge in [0, 0.05) is 20.2 Å². The topological polar surface area (TPSA) is 158 Å². The van der Waals surface area contributed by atoms with Crippen LogP contribution in [0, 0.1) is 0 Å². The number of amides is 3. The van der Waals surface area contributed by atoms with E-state index in [0.717, 1.165) is 93.8 Å². The molecule has 0 radical (unpaired) electrons. The summed E-state index contributed by atoms with van der Waals surface area (Å²) in [6, 6.07) is 25.1. The van der Waals surface area contributed by atoms with E-state index >= 15 is 0 Å². The molecule has 13 nitrogen and oxygen atoms in total. The number of hydrogen-bond acceptors (Lipinski definition) is 10. The number of methoxy groups -OCH3 is 2. The van der Waals surface area contributed by atoms with Crippen LogP contribution in [0.2, 0.25) is 0 Å². The monoisotopic (exact) mass is 966 g/mol. The number of aromatic nitrogens is 4. The highest BCUT2D eigenvalue weighted by molar-refractivity contribution is 7.98. The third-order valence-electron chi connectivity index (χ3n) is 13.6. The summed E-state index contributed by atoms with van der Waals surface area (Å²) in [5, 5.41) is 6.05. The number of nitrogens with zero attached hydrogens (tertiary/aromatic N) is 4. The van der Waals surface area contributed by atoms with E-state index in [1.165, 1.54) is 40.5 Å². The van der Waals surface area contributed by atoms with Gasteiger partial charge in [-0.05, 0) is 145 Å². The first kappa shape index (κ1) is 48.2. The third kappa shape index (κ3) is 10.5. The first-order valence-corrected chi connectivity index (χ1v) is 26.6. The highest BCUT2D eigenvalue weighted by Crippen LogP contribution is 2.37. The van der Waals surface area contributed by atoms with Gasteiger partial charge in [0.25, 0.3) is 0 Å². The second-order valence-electron chi connectivity index (χ2n) is 18.5. The zero-order chi connectivity index (χ0) is 48.2. The van der Waals surface area contributed by atoms with Crippen LogP contribution in [-0.2, 0) is 44.7 Å². The van der Waals surface area contributed by atoms with Crippen LogP contribution in [0.5, 0.6) is 0 Å². The van der Waals surface area contributed by atoms with E-state index in [9.17, 15) is 14.4 Å². The number of thioether (sulfide) groups is 2. The number of nitrogens with one attached hydrogen (secondary N) is 4. The minimum Gasteiger partial charge on any atom is -0.453 e. The molecule has 0 fully saturated rings. The minimum atomic E-state index is -0.702. The molecule has 0 saturated carbocycles. The molecule has 6 aliphatic rings. The van der Waals surface area contributed by atoms with E-state index in [4.69, 9.17) is 19.4 Å². The van der Waals surface area contributed by atoms with Crippen LogP contribution < -0.4 is 10.6 Å². The average Bonchev–Trinajstić information content (AvgIpc) is 4.17. The Kier molecular flexibility index (Phi) is 14.9. The fraction of sp³-hybridized carbons (Fsp3) is 0.389. The lowest BCUT2D eigenvalue weighted by Gasteiger charge is -2.28. The van der Waals surface area contributed by atoms with Gasteiger partial charge in [-0.2, -0.15) is 23.5 Å². The highest BCUT2D eigenvalue weighted by atomic mass is 32.2. The summed E-state index contributed by atoms with van der Waals surface area (Å²) in [7, 11) is 2.94. The van der Waals surface area contributed by atoms with Gasteiger partial charge in [0.15, 0.2) is 0 Å². The lowest BCUT2D eigenvalue weighted by Crippen LogP contribution is -2.49. The van der Waals surface area contributed by atoms with Crippen molar-refractivity contribution in [3.63, 3.8) is 0 Å². The molecule has 4 atom stereocenters. The summed E-state index contributed by atoms with van der Waals surface area (Å²) in [6.07, 6.45) is 12.4. The molecule has 2 aromatic heterocycles. The summed E-state index contributed by atoms with van der Waals surface area (Å²) >= 11 is 3.36. The molecule has 69 heavy (non-hydrogen) atoms. The molecular weight excluding hydrogens is 905 g/mol. The molecule has 12 rings (SSSR count). The number of aryl methyl sites for hydroxylation is 4. The second-order valence-corrected chi connectivity index (χ2v) is 20.5. The van der Waals surface area contributed by atoms with E-state index < -0.39 is 12.1 Å². The normalized spacial score (nSPS) is 17.8. The fourth-order valence-electron chi connectivity index (χ4n) is 10.0.